The van der Waals surface area contributed by atoms with E-state index in [1.807, 2.05) is 26.0 Å². The fraction of sp³-hybridized carbons (Fsp3) is 0.769. The van der Waals surface area contributed by atoms with E-state index in [-0.39, 0.29) is 6.10 Å². The molecule has 90 valence electrons. The zero-order valence-electron chi connectivity index (χ0n) is 10.6. The van der Waals surface area contributed by atoms with Crippen molar-refractivity contribution in [1.29, 1.82) is 0 Å². The van der Waals surface area contributed by atoms with E-state index in [2.05, 4.69) is 12.7 Å². The topological polar surface area (TPSA) is 29.5 Å². The lowest BCUT2D eigenvalue weighted by molar-refractivity contribution is 0.0446. The van der Waals surface area contributed by atoms with Crippen LogP contribution in [-0.4, -0.2) is 24.4 Å². The minimum atomic E-state index is -0.318. The predicted molar refractivity (Wildman–Crippen MR) is 66.0 cm³/mol. The lowest BCUT2D eigenvalue weighted by atomic mass is 10.3. The summed E-state index contributed by atoms with van der Waals surface area (Å²) in [5.41, 5.74) is 2.86. The molecule has 0 aromatic carbocycles. The van der Waals surface area contributed by atoms with Gasteiger partial charge in [-0.1, -0.05) is 19.8 Å². The molecule has 1 unspecified atom stereocenters. The van der Waals surface area contributed by atoms with Gasteiger partial charge in [-0.3, -0.25) is 0 Å². The molecule has 0 rings (SSSR count). The van der Waals surface area contributed by atoms with Gasteiger partial charge in [0.05, 0.1) is 12.7 Å². The highest BCUT2D eigenvalue weighted by molar-refractivity contribution is 4.76. The van der Waals surface area contributed by atoms with E-state index in [1.165, 1.54) is 12.8 Å². The van der Waals surface area contributed by atoms with Crippen molar-refractivity contribution >= 4 is 0 Å². The van der Waals surface area contributed by atoms with Crippen molar-refractivity contribution in [3.8, 4) is 0 Å². The normalized spacial score (nSPS) is 10.7. The second-order valence-electron chi connectivity index (χ2n) is 3.38. The van der Waals surface area contributed by atoms with Crippen LogP contribution in [-0.2, 0) is 4.74 Å². The van der Waals surface area contributed by atoms with Crippen LogP contribution >= 0.6 is 0 Å². The van der Waals surface area contributed by atoms with Gasteiger partial charge >= 0.3 is 0 Å². The van der Waals surface area contributed by atoms with Gasteiger partial charge in [-0.05, 0) is 39.3 Å². The van der Waals surface area contributed by atoms with E-state index in [9.17, 15) is 0 Å². The number of rotatable bonds is 6. The minimum Gasteiger partial charge on any atom is -0.391 e. The van der Waals surface area contributed by atoms with Crippen LogP contribution in [0.4, 0.5) is 0 Å². The quantitative estimate of drug-likeness (QED) is 0.543. The van der Waals surface area contributed by atoms with Crippen molar-refractivity contribution in [3.05, 3.63) is 17.9 Å². The van der Waals surface area contributed by atoms with Crippen LogP contribution in [0.25, 0.3) is 0 Å². The SMILES string of the molecule is CC=C=CC.CCCCCOCC(C)O. The smallest absolute Gasteiger partial charge is 0.0745 e. The van der Waals surface area contributed by atoms with Crippen LogP contribution in [0, 0.1) is 0 Å². The van der Waals surface area contributed by atoms with Crippen LogP contribution < -0.4 is 0 Å². The summed E-state index contributed by atoms with van der Waals surface area (Å²) in [4.78, 5) is 0. The molecule has 0 aliphatic carbocycles. The van der Waals surface area contributed by atoms with Crippen molar-refractivity contribution in [2.24, 2.45) is 0 Å². The molecule has 0 aliphatic rings. The zero-order chi connectivity index (χ0) is 11.9. The Labute approximate surface area is 94.7 Å². The lowest BCUT2D eigenvalue weighted by Crippen LogP contribution is -2.10. The summed E-state index contributed by atoms with van der Waals surface area (Å²) < 4.78 is 5.15. The number of allylic oxidation sites excluding steroid dienone is 1. The maximum absolute atomic E-state index is 8.78. The van der Waals surface area contributed by atoms with E-state index in [4.69, 9.17) is 9.84 Å². The molecule has 15 heavy (non-hydrogen) atoms. The first kappa shape index (κ1) is 16.9. The van der Waals surface area contributed by atoms with Crippen LogP contribution in [0.2, 0.25) is 0 Å². The number of aliphatic hydroxyl groups excluding tert-OH is 1. The van der Waals surface area contributed by atoms with Crippen molar-refractivity contribution in [2.75, 3.05) is 13.2 Å². The Balaban J connectivity index is 0. The molecule has 0 saturated carbocycles. The predicted octanol–water partition coefficient (Wildman–Crippen LogP) is 3.31. The lowest BCUT2D eigenvalue weighted by Gasteiger charge is -2.04. The molecule has 0 bridgehead atoms. The Morgan fingerprint density at radius 1 is 1.27 bits per heavy atom. The van der Waals surface area contributed by atoms with Crippen molar-refractivity contribution < 1.29 is 9.84 Å². The Hall–Kier alpha value is -0.560. The molecule has 0 fully saturated rings. The largest absolute Gasteiger partial charge is 0.391 e. The molecule has 0 aromatic heterocycles. The molecule has 0 aliphatic heterocycles. The molecular formula is C13H26O2. The summed E-state index contributed by atoms with van der Waals surface area (Å²) >= 11 is 0. The second-order valence-corrected chi connectivity index (χ2v) is 3.38. The highest BCUT2D eigenvalue weighted by atomic mass is 16.5. The highest BCUT2D eigenvalue weighted by Gasteiger charge is 1.93. The summed E-state index contributed by atoms with van der Waals surface area (Å²) in [5.74, 6) is 0. The third-order valence-corrected chi connectivity index (χ3v) is 1.58. The standard InChI is InChI=1S/C8H18O2.C5H8/c1-3-4-5-6-10-7-8(2)9;1-3-5-4-2/h8-9H,3-7H2,1-2H3;3-4H,1-2H3. The molecule has 0 amide bonds. The third-order valence-electron chi connectivity index (χ3n) is 1.58. The Kier molecular flexibility index (Phi) is 17.9. The van der Waals surface area contributed by atoms with Crippen LogP contribution in [0.5, 0.6) is 0 Å². The number of aliphatic hydroxyl groups is 1. The van der Waals surface area contributed by atoms with Gasteiger partial charge in [0.1, 0.15) is 0 Å². The molecule has 0 saturated heterocycles. The number of unbranched alkanes of at least 4 members (excludes halogenated alkanes) is 2. The summed E-state index contributed by atoms with van der Waals surface area (Å²) in [7, 11) is 0. The fourth-order valence-corrected chi connectivity index (χ4v) is 0.875. The van der Waals surface area contributed by atoms with Gasteiger partial charge < -0.3 is 9.84 Å². The van der Waals surface area contributed by atoms with Crippen molar-refractivity contribution in [2.45, 2.75) is 53.1 Å². The van der Waals surface area contributed by atoms with Gasteiger partial charge in [0.2, 0.25) is 0 Å². The van der Waals surface area contributed by atoms with E-state index < -0.39 is 0 Å². The summed E-state index contributed by atoms with van der Waals surface area (Å²) in [6, 6.07) is 0. The van der Waals surface area contributed by atoms with Gasteiger partial charge in [0.15, 0.2) is 0 Å². The average Bonchev–Trinajstić information content (AvgIpc) is 2.19. The highest BCUT2D eigenvalue weighted by Crippen LogP contribution is 1.94. The second kappa shape index (κ2) is 15.9. The first-order valence-corrected chi connectivity index (χ1v) is 5.76. The van der Waals surface area contributed by atoms with E-state index >= 15 is 0 Å². The Morgan fingerprint density at radius 3 is 2.20 bits per heavy atom. The third kappa shape index (κ3) is 24.7. The molecule has 0 heterocycles. The number of hydrogen-bond donors (Lipinski definition) is 1. The maximum atomic E-state index is 8.78. The molecule has 2 nitrogen and oxygen atoms in total. The fourth-order valence-electron chi connectivity index (χ4n) is 0.875. The van der Waals surface area contributed by atoms with Crippen LogP contribution in [0.3, 0.4) is 0 Å². The molecule has 0 spiro atoms. The Bertz CT molecular complexity index is 150. The molecule has 0 aromatic rings. The van der Waals surface area contributed by atoms with Gasteiger partial charge in [-0.25, -0.2) is 0 Å². The monoisotopic (exact) mass is 214 g/mol. The van der Waals surface area contributed by atoms with Gasteiger partial charge in [-0.2, -0.15) is 0 Å². The zero-order valence-corrected chi connectivity index (χ0v) is 10.6. The molecule has 2 heteroatoms. The van der Waals surface area contributed by atoms with Gasteiger partial charge in [0, 0.05) is 6.61 Å². The average molecular weight is 214 g/mol. The molecule has 1 atom stereocenters. The first-order chi connectivity index (χ1) is 7.18. The van der Waals surface area contributed by atoms with Gasteiger partial charge in [0.25, 0.3) is 0 Å². The van der Waals surface area contributed by atoms with E-state index in [0.717, 1.165) is 13.0 Å². The van der Waals surface area contributed by atoms with Gasteiger partial charge in [-0.15, -0.1) is 5.73 Å². The van der Waals surface area contributed by atoms with E-state index in [1.54, 1.807) is 6.92 Å². The Morgan fingerprint density at radius 2 is 1.87 bits per heavy atom. The number of ether oxygens (including phenoxy) is 1. The maximum Gasteiger partial charge on any atom is 0.0745 e. The molecule has 0 radical (unpaired) electrons. The van der Waals surface area contributed by atoms with Crippen molar-refractivity contribution in [3.63, 3.8) is 0 Å². The van der Waals surface area contributed by atoms with Crippen LogP contribution in [0.1, 0.15) is 47.0 Å². The molecular weight excluding hydrogens is 188 g/mol. The van der Waals surface area contributed by atoms with Crippen molar-refractivity contribution in [1.82, 2.24) is 0 Å². The van der Waals surface area contributed by atoms with Crippen LogP contribution in [0.15, 0.2) is 17.9 Å². The number of hydrogen-bond acceptors (Lipinski definition) is 2. The summed E-state index contributed by atoms with van der Waals surface area (Å²) in [5, 5.41) is 8.78. The minimum absolute atomic E-state index is 0.318. The summed E-state index contributed by atoms with van der Waals surface area (Å²) in [6.45, 7) is 9.05. The van der Waals surface area contributed by atoms with E-state index in [0.29, 0.717) is 6.61 Å². The first-order valence-electron chi connectivity index (χ1n) is 5.76. The summed E-state index contributed by atoms with van der Waals surface area (Å²) in [6.07, 6.45) is 6.99. The molecule has 1 N–H and O–H groups in total.